The highest BCUT2D eigenvalue weighted by Crippen LogP contribution is 2.37. The first-order chi connectivity index (χ1) is 10.2. The number of guanidine groups is 1. The molecule has 0 spiro atoms. The maximum absolute atomic E-state index is 6.10. The van der Waals surface area contributed by atoms with E-state index in [0.717, 1.165) is 17.0 Å². The monoisotopic (exact) mass is 301 g/mol. The SMILES string of the molecule is COc1ccccc1N1C(N)=NCC1c1cccc(Cl)c1. The zero-order valence-electron chi connectivity index (χ0n) is 11.7. The van der Waals surface area contributed by atoms with Gasteiger partial charge in [0.05, 0.1) is 25.4 Å². The minimum absolute atomic E-state index is 0.0278. The van der Waals surface area contributed by atoms with Gasteiger partial charge in [-0.15, -0.1) is 0 Å². The van der Waals surface area contributed by atoms with Crippen LogP contribution in [0, 0.1) is 0 Å². The molecule has 2 aromatic carbocycles. The van der Waals surface area contributed by atoms with Crippen LogP contribution < -0.4 is 15.4 Å². The molecule has 2 N–H and O–H groups in total. The molecule has 21 heavy (non-hydrogen) atoms. The summed E-state index contributed by atoms with van der Waals surface area (Å²) in [5.74, 6) is 1.26. The molecule has 0 saturated heterocycles. The molecule has 0 aromatic heterocycles. The molecule has 2 aromatic rings. The molecule has 108 valence electrons. The van der Waals surface area contributed by atoms with E-state index in [1.54, 1.807) is 7.11 Å². The van der Waals surface area contributed by atoms with Gasteiger partial charge >= 0.3 is 0 Å². The molecular weight excluding hydrogens is 286 g/mol. The first-order valence-electron chi connectivity index (χ1n) is 6.68. The van der Waals surface area contributed by atoms with E-state index in [2.05, 4.69) is 4.99 Å². The normalized spacial score (nSPS) is 17.7. The fourth-order valence-corrected chi connectivity index (χ4v) is 2.78. The Labute approximate surface area is 128 Å². The van der Waals surface area contributed by atoms with Crippen molar-refractivity contribution in [1.82, 2.24) is 0 Å². The van der Waals surface area contributed by atoms with E-state index < -0.39 is 0 Å². The largest absolute Gasteiger partial charge is 0.495 e. The number of rotatable bonds is 3. The second-order valence-electron chi connectivity index (χ2n) is 4.81. The lowest BCUT2D eigenvalue weighted by atomic mass is 10.1. The molecule has 1 heterocycles. The van der Waals surface area contributed by atoms with E-state index in [1.165, 1.54) is 0 Å². The zero-order chi connectivity index (χ0) is 14.8. The third-order valence-corrected chi connectivity index (χ3v) is 3.80. The van der Waals surface area contributed by atoms with Crippen LogP contribution in [0.15, 0.2) is 53.5 Å². The minimum Gasteiger partial charge on any atom is -0.495 e. The number of para-hydroxylation sites is 2. The summed E-state index contributed by atoms with van der Waals surface area (Å²) in [5.41, 5.74) is 8.08. The number of anilines is 1. The molecule has 5 heteroatoms. The highest BCUT2D eigenvalue weighted by Gasteiger charge is 2.30. The van der Waals surface area contributed by atoms with Crippen molar-refractivity contribution in [3.8, 4) is 5.75 Å². The van der Waals surface area contributed by atoms with Gasteiger partial charge in [0, 0.05) is 5.02 Å². The van der Waals surface area contributed by atoms with E-state index >= 15 is 0 Å². The van der Waals surface area contributed by atoms with E-state index in [9.17, 15) is 0 Å². The molecule has 3 rings (SSSR count). The first kappa shape index (κ1) is 13.8. The van der Waals surface area contributed by atoms with Crippen molar-refractivity contribution in [2.45, 2.75) is 6.04 Å². The molecule has 1 unspecified atom stereocenters. The van der Waals surface area contributed by atoms with E-state index in [-0.39, 0.29) is 6.04 Å². The van der Waals surface area contributed by atoms with Crippen LogP contribution >= 0.6 is 11.6 Å². The molecule has 0 saturated carbocycles. The lowest BCUT2D eigenvalue weighted by Gasteiger charge is -2.28. The zero-order valence-corrected chi connectivity index (χ0v) is 12.4. The fraction of sp³-hybridized carbons (Fsp3) is 0.188. The predicted molar refractivity (Wildman–Crippen MR) is 86.2 cm³/mol. The van der Waals surface area contributed by atoms with Crippen LogP contribution in [0.4, 0.5) is 5.69 Å². The average molecular weight is 302 g/mol. The Morgan fingerprint density at radius 2 is 2.05 bits per heavy atom. The van der Waals surface area contributed by atoms with Crippen molar-refractivity contribution in [2.75, 3.05) is 18.6 Å². The Bertz CT molecular complexity index is 687. The number of halogens is 1. The topological polar surface area (TPSA) is 50.9 Å². The van der Waals surface area contributed by atoms with Gasteiger partial charge in [-0.25, -0.2) is 0 Å². The fourth-order valence-electron chi connectivity index (χ4n) is 2.59. The van der Waals surface area contributed by atoms with Crippen molar-refractivity contribution < 1.29 is 4.74 Å². The van der Waals surface area contributed by atoms with E-state index in [1.807, 2.05) is 53.4 Å². The Balaban J connectivity index is 2.04. The van der Waals surface area contributed by atoms with Crippen LogP contribution in [0.5, 0.6) is 5.75 Å². The highest BCUT2D eigenvalue weighted by molar-refractivity contribution is 6.30. The maximum atomic E-state index is 6.10. The number of aliphatic imine (C=N–C) groups is 1. The molecule has 0 aliphatic carbocycles. The summed E-state index contributed by atoms with van der Waals surface area (Å²) in [7, 11) is 1.65. The standard InChI is InChI=1S/C16H16ClN3O/c1-21-15-8-3-2-7-13(15)20-14(10-19-16(20)18)11-5-4-6-12(17)9-11/h2-9,14H,10H2,1H3,(H2,18,19). The van der Waals surface area contributed by atoms with Crippen LogP contribution in [-0.2, 0) is 0 Å². The molecular formula is C16H16ClN3O. The molecule has 0 amide bonds. The highest BCUT2D eigenvalue weighted by atomic mass is 35.5. The number of benzene rings is 2. The summed E-state index contributed by atoms with van der Waals surface area (Å²) in [5, 5.41) is 0.706. The van der Waals surface area contributed by atoms with Gasteiger partial charge in [-0.1, -0.05) is 35.9 Å². The molecule has 0 radical (unpaired) electrons. The molecule has 1 atom stereocenters. The van der Waals surface area contributed by atoms with E-state index in [0.29, 0.717) is 17.5 Å². The minimum atomic E-state index is 0.0278. The summed E-state index contributed by atoms with van der Waals surface area (Å²) in [6, 6.07) is 15.6. The third kappa shape index (κ3) is 2.54. The van der Waals surface area contributed by atoms with Crippen LogP contribution in [-0.4, -0.2) is 19.6 Å². The quantitative estimate of drug-likeness (QED) is 0.947. The van der Waals surface area contributed by atoms with E-state index in [4.69, 9.17) is 22.1 Å². The first-order valence-corrected chi connectivity index (χ1v) is 7.06. The lowest BCUT2D eigenvalue weighted by molar-refractivity contribution is 0.415. The average Bonchev–Trinajstić information content (AvgIpc) is 2.89. The molecule has 0 fully saturated rings. The number of hydrogen-bond donors (Lipinski definition) is 1. The Hall–Kier alpha value is -2.20. The molecule has 4 nitrogen and oxygen atoms in total. The summed E-state index contributed by atoms with van der Waals surface area (Å²) < 4.78 is 5.44. The van der Waals surface area contributed by atoms with Crippen LogP contribution in [0.3, 0.4) is 0 Å². The molecule has 0 bridgehead atoms. The lowest BCUT2D eigenvalue weighted by Crippen LogP contribution is -2.36. The second kappa shape index (κ2) is 5.66. The molecule has 1 aliphatic rings. The summed E-state index contributed by atoms with van der Waals surface area (Å²) >= 11 is 6.10. The van der Waals surface area contributed by atoms with Crippen LogP contribution in [0.25, 0.3) is 0 Å². The van der Waals surface area contributed by atoms with Crippen molar-refractivity contribution in [2.24, 2.45) is 10.7 Å². The smallest absolute Gasteiger partial charge is 0.196 e. The number of methoxy groups -OCH3 is 1. The van der Waals surface area contributed by atoms with Crippen molar-refractivity contribution in [3.63, 3.8) is 0 Å². The maximum Gasteiger partial charge on any atom is 0.196 e. The van der Waals surface area contributed by atoms with Crippen molar-refractivity contribution in [3.05, 3.63) is 59.1 Å². The van der Waals surface area contributed by atoms with Gasteiger partial charge in [0.15, 0.2) is 5.96 Å². The summed E-state index contributed by atoms with van der Waals surface area (Å²) in [6.07, 6.45) is 0. The van der Waals surface area contributed by atoms with Crippen LogP contribution in [0.1, 0.15) is 11.6 Å². The Morgan fingerprint density at radius 1 is 1.24 bits per heavy atom. The van der Waals surface area contributed by atoms with Gasteiger partial charge in [-0.05, 0) is 29.8 Å². The summed E-state index contributed by atoms with van der Waals surface area (Å²) in [6.45, 7) is 0.601. The van der Waals surface area contributed by atoms with Gasteiger partial charge in [0.25, 0.3) is 0 Å². The third-order valence-electron chi connectivity index (χ3n) is 3.56. The van der Waals surface area contributed by atoms with Gasteiger partial charge in [-0.3, -0.25) is 9.89 Å². The van der Waals surface area contributed by atoms with Gasteiger partial charge < -0.3 is 10.5 Å². The summed E-state index contributed by atoms with van der Waals surface area (Å²) in [4.78, 5) is 6.37. The van der Waals surface area contributed by atoms with Gasteiger partial charge in [0.1, 0.15) is 5.75 Å². The number of ether oxygens (including phenoxy) is 1. The van der Waals surface area contributed by atoms with Crippen LogP contribution in [0.2, 0.25) is 5.02 Å². The number of hydrogen-bond acceptors (Lipinski definition) is 4. The van der Waals surface area contributed by atoms with Crippen molar-refractivity contribution >= 4 is 23.2 Å². The Kier molecular flexibility index (Phi) is 3.71. The Morgan fingerprint density at radius 3 is 2.81 bits per heavy atom. The van der Waals surface area contributed by atoms with Gasteiger partial charge in [0.2, 0.25) is 0 Å². The second-order valence-corrected chi connectivity index (χ2v) is 5.25. The number of nitrogens with two attached hydrogens (primary N) is 1. The van der Waals surface area contributed by atoms with Crippen molar-refractivity contribution in [1.29, 1.82) is 0 Å². The van der Waals surface area contributed by atoms with Gasteiger partial charge in [-0.2, -0.15) is 0 Å². The number of nitrogens with zero attached hydrogens (tertiary/aromatic N) is 2. The predicted octanol–water partition coefficient (Wildman–Crippen LogP) is 3.22. The molecule has 1 aliphatic heterocycles.